The zero-order chi connectivity index (χ0) is 22.2. The second-order valence-corrected chi connectivity index (χ2v) is 8.08. The highest BCUT2D eigenvalue weighted by Gasteiger charge is 2.19. The number of rotatable bonds is 9. The molecular formula is C24H30N6O2. The zero-order valence-electron chi connectivity index (χ0n) is 18.2. The minimum absolute atomic E-state index is 0.239. The van der Waals surface area contributed by atoms with Crippen molar-refractivity contribution in [1.82, 2.24) is 25.7 Å². The van der Waals surface area contributed by atoms with Crippen LogP contribution < -0.4 is 15.7 Å². The maximum Gasteiger partial charge on any atom is 0.277 e. The van der Waals surface area contributed by atoms with Crippen molar-refractivity contribution in [2.75, 3.05) is 50.7 Å². The Balaban J connectivity index is 1.11. The molecule has 8 nitrogen and oxygen atoms in total. The van der Waals surface area contributed by atoms with Crippen molar-refractivity contribution in [3.63, 3.8) is 0 Å². The van der Waals surface area contributed by atoms with Gasteiger partial charge < -0.3 is 10.2 Å². The van der Waals surface area contributed by atoms with Gasteiger partial charge in [-0.1, -0.05) is 42.5 Å². The predicted molar refractivity (Wildman–Crippen MR) is 125 cm³/mol. The van der Waals surface area contributed by atoms with Crippen LogP contribution in [0, 0.1) is 0 Å². The van der Waals surface area contributed by atoms with Crippen molar-refractivity contribution < 1.29 is 10.0 Å². The molecule has 1 amide bonds. The van der Waals surface area contributed by atoms with Crippen LogP contribution in [0.3, 0.4) is 0 Å². The monoisotopic (exact) mass is 434 g/mol. The lowest BCUT2D eigenvalue weighted by molar-refractivity contribution is 0.0705. The van der Waals surface area contributed by atoms with Crippen LogP contribution >= 0.6 is 0 Å². The van der Waals surface area contributed by atoms with Gasteiger partial charge in [-0.3, -0.25) is 14.9 Å². The molecule has 4 rings (SSSR count). The first kappa shape index (κ1) is 22.1. The number of piperazine rings is 1. The largest absolute Gasteiger partial charge is 0.338 e. The Morgan fingerprint density at radius 2 is 1.72 bits per heavy atom. The van der Waals surface area contributed by atoms with E-state index in [9.17, 15) is 4.79 Å². The van der Waals surface area contributed by atoms with Crippen LogP contribution in [0.4, 0.5) is 5.95 Å². The molecule has 0 bridgehead atoms. The summed E-state index contributed by atoms with van der Waals surface area (Å²) in [7, 11) is 0. The normalized spacial score (nSPS) is 14.6. The third-order valence-electron chi connectivity index (χ3n) is 5.89. The Morgan fingerprint density at radius 3 is 2.47 bits per heavy atom. The van der Waals surface area contributed by atoms with Crippen molar-refractivity contribution >= 4 is 22.6 Å². The van der Waals surface area contributed by atoms with Crippen LogP contribution in [0.2, 0.25) is 0 Å². The third-order valence-corrected chi connectivity index (χ3v) is 5.89. The number of carbonyl (C=O) groups excluding carboxylic acids is 1. The molecule has 0 saturated carbocycles. The predicted octanol–water partition coefficient (Wildman–Crippen LogP) is 2.09. The quantitative estimate of drug-likeness (QED) is 0.270. The van der Waals surface area contributed by atoms with Gasteiger partial charge in [0.05, 0.1) is 5.56 Å². The van der Waals surface area contributed by atoms with Gasteiger partial charge in [0.25, 0.3) is 5.91 Å². The summed E-state index contributed by atoms with van der Waals surface area (Å²) in [6.45, 7) is 6.76. The molecule has 0 unspecified atom stereocenters. The van der Waals surface area contributed by atoms with E-state index in [1.807, 2.05) is 0 Å². The number of carbonyl (C=O) groups is 1. The van der Waals surface area contributed by atoms with E-state index in [1.165, 1.54) is 28.7 Å². The SMILES string of the molecule is O=C(NO)c1cnc(N2CCN(CCCNCCc3ccc4ccccc4c3)CC2)nc1. The highest BCUT2D eigenvalue weighted by Crippen LogP contribution is 2.16. The van der Waals surface area contributed by atoms with Crippen LogP contribution in [0.5, 0.6) is 0 Å². The highest BCUT2D eigenvalue weighted by atomic mass is 16.5. The fourth-order valence-corrected chi connectivity index (χ4v) is 4.02. The fraction of sp³-hybridized carbons (Fsp3) is 0.375. The lowest BCUT2D eigenvalue weighted by Gasteiger charge is -2.34. The molecule has 3 N–H and O–H groups in total. The molecule has 1 fully saturated rings. The van der Waals surface area contributed by atoms with Gasteiger partial charge in [0.2, 0.25) is 5.95 Å². The van der Waals surface area contributed by atoms with Gasteiger partial charge in [-0.05, 0) is 48.8 Å². The summed E-state index contributed by atoms with van der Waals surface area (Å²) in [6, 6.07) is 15.2. The average molecular weight is 435 g/mol. The Bertz CT molecular complexity index is 1020. The maximum absolute atomic E-state index is 11.4. The molecule has 32 heavy (non-hydrogen) atoms. The van der Waals surface area contributed by atoms with Crippen molar-refractivity contribution in [2.45, 2.75) is 12.8 Å². The van der Waals surface area contributed by atoms with Gasteiger partial charge in [-0.2, -0.15) is 0 Å². The molecule has 1 saturated heterocycles. The standard InChI is InChI=1S/C24H30N6O2/c31-23(28-32)22-17-26-24(27-18-22)30-14-12-29(13-15-30)11-3-9-25-10-8-19-6-7-20-4-1-2-5-21(20)16-19/h1-2,4-7,16-18,25,32H,3,8-15H2,(H,28,31). The van der Waals surface area contributed by atoms with Crippen LogP contribution in [0.25, 0.3) is 10.8 Å². The Hall–Kier alpha value is -3.07. The number of hydroxylamine groups is 1. The molecule has 168 valence electrons. The number of nitrogens with zero attached hydrogens (tertiary/aromatic N) is 4. The minimum atomic E-state index is -0.604. The summed E-state index contributed by atoms with van der Waals surface area (Å²) in [6.07, 6.45) is 5.04. The van der Waals surface area contributed by atoms with Crippen LogP contribution in [0.15, 0.2) is 54.9 Å². The fourth-order valence-electron chi connectivity index (χ4n) is 4.02. The number of hydrogen-bond donors (Lipinski definition) is 3. The molecule has 1 aromatic heterocycles. The number of benzene rings is 2. The molecule has 0 atom stereocenters. The summed E-state index contributed by atoms with van der Waals surface area (Å²) in [5, 5.41) is 14.8. The molecular weight excluding hydrogens is 404 g/mol. The molecule has 8 heteroatoms. The lowest BCUT2D eigenvalue weighted by Crippen LogP contribution is -2.47. The van der Waals surface area contributed by atoms with Gasteiger partial charge in [-0.25, -0.2) is 15.4 Å². The molecule has 0 aliphatic carbocycles. The summed E-state index contributed by atoms with van der Waals surface area (Å²) in [5.74, 6) is 0.0155. The van der Waals surface area contributed by atoms with Gasteiger partial charge in [0.15, 0.2) is 0 Å². The average Bonchev–Trinajstić information content (AvgIpc) is 2.86. The Morgan fingerprint density at radius 1 is 0.969 bits per heavy atom. The van der Waals surface area contributed by atoms with Crippen LogP contribution in [-0.2, 0) is 6.42 Å². The van der Waals surface area contributed by atoms with E-state index < -0.39 is 5.91 Å². The number of hydrogen-bond acceptors (Lipinski definition) is 7. The molecule has 2 heterocycles. The minimum Gasteiger partial charge on any atom is -0.338 e. The van der Waals surface area contributed by atoms with Crippen molar-refractivity contribution in [3.8, 4) is 0 Å². The topological polar surface area (TPSA) is 93.6 Å². The summed E-state index contributed by atoms with van der Waals surface area (Å²) < 4.78 is 0. The number of fused-ring (bicyclic) bond motifs is 1. The maximum atomic E-state index is 11.4. The number of aromatic nitrogens is 2. The molecule has 2 aromatic carbocycles. The molecule has 0 radical (unpaired) electrons. The molecule has 1 aliphatic rings. The first-order chi connectivity index (χ1) is 15.7. The number of amides is 1. The second-order valence-electron chi connectivity index (χ2n) is 8.08. The Labute approximate surface area is 188 Å². The van der Waals surface area contributed by atoms with Crippen LogP contribution in [-0.4, -0.2) is 71.8 Å². The molecule has 3 aromatic rings. The molecule has 1 aliphatic heterocycles. The summed E-state index contributed by atoms with van der Waals surface area (Å²) in [5.41, 5.74) is 3.20. The summed E-state index contributed by atoms with van der Waals surface area (Å²) in [4.78, 5) is 24.5. The van der Waals surface area contributed by atoms with Crippen molar-refractivity contribution in [1.29, 1.82) is 0 Å². The van der Waals surface area contributed by atoms with Gasteiger partial charge in [0.1, 0.15) is 0 Å². The first-order valence-corrected chi connectivity index (χ1v) is 11.1. The first-order valence-electron chi connectivity index (χ1n) is 11.1. The van der Waals surface area contributed by atoms with E-state index in [0.29, 0.717) is 5.95 Å². The van der Waals surface area contributed by atoms with Gasteiger partial charge in [0, 0.05) is 38.6 Å². The third kappa shape index (κ3) is 5.79. The van der Waals surface area contributed by atoms with Crippen molar-refractivity contribution in [3.05, 3.63) is 66.0 Å². The second kappa shape index (κ2) is 11.0. The Kier molecular flexibility index (Phi) is 7.60. The van der Waals surface area contributed by atoms with E-state index in [4.69, 9.17) is 5.21 Å². The van der Waals surface area contributed by atoms with E-state index in [2.05, 4.69) is 67.5 Å². The van der Waals surface area contributed by atoms with Crippen LogP contribution in [0.1, 0.15) is 22.3 Å². The van der Waals surface area contributed by atoms with Gasteiger partial charge in [-0.15, -0.1) is 0 Å². The van der Waals surface area contributed by atoms with E-state index in [0.717, 1.165) is 58.7 Å². The number of anilines is 1. The summed E-state index contributed by atoms with van der Waals surface area (Å²) >= 11 is 0. The van der Waals surface area contributed by atoms with E-state index >= 15 is 0 Å². The zero-order valence-corrected chi connectivity index (χ0v) is 18.2. The highest BCUT2D eigenvalue weighted by molar-refractivity contribution is 5.92. The van der Waals surface area contributed by atoms with Crippen molar-refractivity contribution in [2.24, 2.45) is 0 Å². The van der Waals surface area contributed by atoms with E-state index in [1.54, 1.807) is 5.48 Å². The smallest absolute Gasteiger partial charge is 0.277 e. The lowest BCUT2D eigenvalue weighted by atomic mass is 10.1. The van der Waals surface area contributed by atoms with Gasteiger partial charge >= 0.3 is 0 Å². The number of nitrogens with one attached hydrogen (secondary N) is 2. The molecule has 0 spiro atoms. The van der Waals surface area contributed by atoms with E-state index in [-0.39, 0.29) is 5.56 Å².